The van der Waals surface area contributed by atoms with Crippen molar-refractivity contribution in [2.75, 3.05) is 26.7 Å². The fourth-order valence-electron chi connectivity index (χ4n) is 1.68. The second-order valence-corrected chi connectivity index (χ2v) is 3.38. The van der Waals surface area contributed by atoms with Crippen molar-refractivity contribution in [3.8, 4) is 0 Å². The van der Waals surface area contributed by atoms with Gasteiger partial charge in [-0.25, -0.2) is 0 Å². The molecule has 4 heteroatoms. The van der Waals surface area contributed by atoms with Crippen LogP contribution in [0.1, 0.15) is 13.3 Å². The van der Waals surface area contributed by atoms with E-state index in [0.29, 0.717) is 13.0 Å². The zero-order valence-corrected chi connectivity index (χ0v) is 8.19. The van der Waals surface area contributed by atoms with Gasteiger partial charge >= 0.3 is 5.97 Å². The predicted octanol–water partition coefficient (Wildman–Crippen LogP) is -0.138. The molecule has 76 valence electrons. The number of carbonyl (C=O) groups is 1. The average molecular weight is 187 g/mol. The van der Waals surface area contributed by atoms with Crippen LogP contribution in [0.4, 0.5) is 0 Å². The monoisotopic (exact) mass is 187 g/mol. The van der Waals surface area contributed by atoms with E-state index in [-0.39, 0.29) is 11.9 Å². The summed E-state index contributed by atoms with van der Waals surface area (Å²) in [4.78, 5) is 13.4. The van der Waals surface area contributed by atoms with Crippen LogP contribution >= 0.6 is 0 Å². The van der Waals surface area contributed by atoms with Crippen molar-refractivity contribution in [3.63, 3.8) is 0 Å². The third-order valence-electron chi connectivity index (χ3n) is 2.61. The largest absolute Gasteiger partial charge is 0.469 e. The minimum atomic E-state index is -0.532. The first-order valence-electron chi connectivity index (χ1n) is 4.67. The van der Waals surface area contributed by atoms with Crippen molar-refractivity contribution in [2.45, 2.75) is 19.4 Å². The number of esters is 1. The van der Waals surface area contributed by atoms with Crippen molar-refractivity contribution in [1.29, 1.82) is 0 Å². The summed E-state index contributed by atoms with van der Waals surface area (Å²) in [6, 6.07) is 0. The third-order valence-corrected chi connectivity index (χ3v) is 2.61. The van der Waals surface area contributed by atoms with E-state index in [0.717, 1.165) is 13.1 Å². The highest BCUT2D eigenvalue weighted by molar-refractivity contribution is 5.73. The second kappa shape index (κ2) is 4.58. The molecule has 1 heterocycles. The van der Waals surface area contributed by atoms with Gasteiger partial charge in [-0.3, -0.25) is 4.79 Å². The summed E-state index contributed by atoms with van der Waals surface area (Å²) in [7, 11) is 1.36. The fraction of sp³-hybridized carbons (Fsp3) is 0.889. The highest BCUT2D eigenvalue weighted by Gasteiger charge is 2.33. The van der Waals surface area contributed by atoms with Gasteiger partial charge in [0.2, 0.25) is 0 Å². The van der Waals surface area contributed by atoms with E-state index in [4.69, 9.17) is 0 Å². The van der Waals surface area contributed by atoms with Gasteiger partial charge in [-0.15, -0.1) is 0 Å². The Balaban J connectivity index is 2.54. The lowest BCUT2D eigenvalue weighted by Crippen LogP contribution is -2.46. The molecule has 1 aliphatic heterocycles. The van der Waals surface area contributed by atoms with Gasteiger partial charge in [-0.05, 0) is 13.0 Å². The van der Waals surface area contributed by atoms with E-state index in [1.807, 2.05) is 6.92 Å². The van der Waals surface area contributed by atoms with Gasteiger partial charge in [0.15, 0.2) is 0 Å². The summed E-state index contributed by atoms with van der Waals surface area (Å²) in [6.45, 7) is 4.45. The standard InChI is InChI=1S/C9H17NO3/c1-3-10-5-4-8(11)7(6-10)9(12)13-2/h7-8,11H,3-6H2,1-2H3. The van der Waals surface area contributed by atoms with E-state index in [1.54, 1.807) is 0 Å². The van der Waals surface area contributed by atoms with Crippen molar-refractivity contribution in [1.82, 2.24) is 4.90 Å². The molecule has 2 atom stereocenters. The molecule has 13 heavy (non-hydrogen) atoms. The Bertz CT molecular complexity index is 184. The molecule has 1 aliphatic rings. The number of nitrogens with zero attached hydrogens (tertiary/aromatic N) is 1. The maximum atomic E-state index is 11.2. The van der Waals surface area contributed by atoms with E-state index < -0.39 is 6.10 Å². The topological polar surface area (TPSA) is 49.8 Å². The van der Waals surface area contributed by atoms with Gasteiger partial charge in [0.1, 0.15) is 0 Å². The minimum absolute atomic E-state index is 0.300. The molecule has 0 aliphatic carbocycles. The molecule has 0 amide bonds. The van der Waals surface area contributed by atoms with Crippen LogP contribution < -0.4 is 0 Å². The molecular weight excluding hydrogens is 170 g/mol. The van der Waals surface area contributed by atoms with Crippen LogP contribution in [0.25, 0.3) is 0 Å². The Morgan fingerprint density at radius 3 is 2.92 bits per heavy atom. The molecule has 0 spiro atoms. The summed E-state index contributed by atoms with van der Waals surface area (Å²) >= 11 is 0. The second-order valence-electron chi connectivity index (χ2n) is 3.38. The number of hydrogen-bond donors (Lipinski definition) is 1. The zero-order chi connectivity index (χ0) is 9.84. The molecule has 0 aromatic carbocycles. The SMILES string of the molecule is CCN1CCC(O)C(C(=O)OC)C1. The van der Waals surface area contributed by atoms with E-state index in [2.05, 4.69) is 9.64 Å². The Hall–Kier alpha value is -0.610. The van der Waals surface area contributed by atoms with Gasteiger partial charge < -0.3 is 14.7 Å². The van der Waals surface area contributed by atoms with E-state index in [9.17, 15) is 9.90 Å². The first kappa shape index (κ1) is 10.5. The molecule has 0 aromatic rings. The van der Waals surface area contributed by atoms with Crippen LogP contribution in [0.2, 0.25) is 0 Å². The predicted molar refractivity (Wildman–Crippen MR) is 48.2 cm³/mol. The quantitative estimate of drug-likeness (QED) is 0.611. The Morgan fingerprint density at radius 2 is 2.38 bits per heavy atom. The number of methoxy groups -OCH3 is 1. The van der Waals surface area contributed by atoms with Crippen molar-refractivity contribution in [2.24, 2.45) is 5.92 Å². The highest BCUT2D eigenvalue weighted by Crippen LogP contribution is 2.17. The van der Waals surface area contributed by atoms with E-state index in [1.165, 1.54) is 7.11 Å². The lowest BCUT2D eigenvalue weighted by atomic mass is 9.95. The van der Waals surface area contributed by atoms with Crippen molar-refractivity contribution >= 4 is 5.97 Å². The molecule has 0 radical (unpaired) electrons. The number of likely N-dealkylation sites (tertiary alicyclic amines) is 1. The Morgan fingerprint density at radius 1 is 1.69 bits per heavy atom. The van der Waals surface area contributed by atoms with Gasteiger partial charge in [-0.2, -0.15) is 0 Å². The van der Waals surface area contributed by atoms with E-state index >= 15 is 0 Å². The summed E-state index contributed by atoms with van der Waals surface area (Å²) in [5.74, 6) is -0.663. The average Bonchev–Trinajstić information content (AvgIpc) is 2.17. The number of rotatable bonds is 2. The number of ether oxygens (including phenoxy) is 1. The van der Waals surface area contributed by atoms with Crippen LogP contribution in [-0.4, -0.2) is 48.8 Å². The van der Waals surface area contributed by atoms with Crippen LogP contribution in [0.5, 0.6) is 0 Å². The number of carbonyl (C=O) groups excluding carboxylic acids is 1. The van der Waals surface area contributed by atoms with Gasteiger partial charge in [0.25, 0.3) is 0 Å². The lowest BCUT2D eigenvalue weighted by molar-refractivity contribution is -0.152. The van der Waals surface area contributed by atoms with Crippen LogP contribution in [0.3, 0.4) is 0 Å². The normalized spacial score (nSPS) is 30.1. The molecule has 1 rings (SSSR count). The Kier molecular flexibility index (Phi) is 3.69. The van der Waals surface area contributed by atoms with Crippen molar-refractivity contribution in [3.05, 3.63) is 0 Å². The first-order valence-corrected chi connectivity index (χ1v) is 4.67. The molecule has 1 saturated heterocycles. The van der Waals surface area contributed by atoms with Gasteiger partial charge in [0, 0.05) is 13.1 Å². The summed E-state index contributed by atoms with van der Waals surface area (Å²) in [5, 5.41) is 9.56. The minimum Gasteiger partial charge on any atom is -0.469 e. The Labute approximate surface area is 78.5 Å². The molecule has 0 aromatic heterocycles. The molecule has 2 unspecified atom stereocenters. The summed E-state index contributed by atoms with van der Waals surface area (Å²) < 4.78 is 4.63. The maximum Gasteiger partial charge on any atom is 0.312 e. The number of aliphatic hydroxyl groups is 1. The number of aliphatic hydroxyl groups excluding tert-OH is 1. The summed E-state index contributed by atoms with van der Waals surface area (Å²) in [6.07, 6.45) is 0.128. The van der Waals surface area contributed by atoms with Crippen LogP contribution in [-0.2, 0) is 9.53 Å². The maximum absolute atomic E-state index is 11.2. The van der Waals surface area contributed by atoms with Gasteiger partial charge in [0.05, 0.1) is 19.1 Å². The van der Waals surface area contributed by atoms with Crippen LogP contribution in [0, 0.1) is 5.92 Å². The van der Waals surface area contributed by atoms with Crippen molar-refractivity contribution < 1.29 is 14.6 Å². The zero-order valence-electron chi connectivity index (χ0n) is 8.19. The number of piperidine rings is 1. The molecule has 1 fully saturated rings. The lowest BCUT2D eigenvalue weighted by Gasteiger charge is -2.33. The van der Waals surface area contributed by atoms with Gasteiger partial charge in [-0.1, -0.05) is 6.92 Å². The third kappa shape index (κ3) is 2.42. The molecular formula is C9H17NO3. The number of hydrogen-bond acceptors (Lipinski definition) is 4. The molecule has 0 saturated carbocycles. The highest BCUT2D eigenvalue weighted by atomic mass is 16.5. The molecule has 1 N–H and O–H groups in total. The fourth-order valence-corrected chi connectivity index (χ4v) is 1.68. The summed E-state index contributed by atoms with van der Waals surface area (Å²) in [5.41, 5.74) is 0. The molecule has 0 bridgehead atoms. The first-order chi connectivity index (χ1) is 6.19. The molecule has 4 nitrogen and oxygen atoms in total. The smallest absolute Gasteiger partial charge is 0.312 e. The van der Waals surface area contributed by atoms with Crippen LogP contribution in [0.15, 0.2) is 0 Å².